The molecule has 0 saturated carbocycles. The Morgan fingerprint density at radius 3 is 2.67 bits per heavy atom. The van der Waals surface area contributed by atoms with Gasteiger partial charge in [-0.15, -0.1) is 0 Å². The highest BCUT2D eigenvalue weighted by Gasteiger charge is 2.45. The zero-order valence-electron chi connectivity index (χ0n) is 12.4. The number of amides is 1. The molecule has 1 aliphatic rings. The number of hydrogen-bond donors (Lipinski definition) is 2. The second kappa shape index (κ2) is 4.70. The lowest BCUT2D eigenvalue weighted by molar-refractivity contribution is -0.132. The second-order valence-electron chi connectivity index (χ2n) is 5.90. The Labute approximate surface area is 123 Å². The topological polar surface area (TPSA) is 65.2 Å². The molecule has 5 nitrogen and oxygen atoms in total. The van der Waals surface area contributed by atoms with Crippen LogP contribution in [-0.4, -0.2) is 27.9 Å². The molecule has 1 aliphatic heterocycles. The minimum atomic E-state index is -0.654. The summed E-state index contributed by atoms with van der Waals surface area (Å²) in [5, 5.41) is 4.22. The van der Waals surface area contributed by atoms with Crippen LogP contribution >= 0.6 is 0 Å². The zero-order valence-corrected chi connectivity index (χ0v) is 12.4. The van der Waals surface area contributed by atoms with Gasteiger partial charge in [-0.25, -0.2) is 0 Å². The summed E-state index contributed by atoms with van der Waals surface area (Å²) in [5.41, 5.74) is 0.571. The van der Waals surface area contributed by atoms with E-state index in [0.29, 0.717) is 12.1 Å². The van der Waals surface area contributed by atoms with Crippen molar-refractivity contribution in [2.75, 3.05) is 6.54 Å². The minimum Gasteiger partial charge on any atom is -0.322 e. The molecule has 1 fully saturated rings. The fourth-order valence-corrected chi connectivity index (χ4v) is 2.90. The van der Waals surface area contributed by atoms with E-state index in [1.54, 1.807) is 4.90 Å². The molecule has 110 valence electrons. The fourth-order valence-electron chi connectivity index (χ4n) is 2.90. The van der Waals surface area contributed by atoms with E-state index in [4.69, 9.17) is 0 Å². The van der Waals surface area contributed by atoms with E-state index in [1.165, 1.54) is 0 Å². The number of H-pyrrole nitrogens is 1. The third-order valence-corrected chi connectivity index (χ3v) is 4.02. The van der Waals surface area contributed by atoms with Gasteiger partial charge >= 0.3 is 0 Å². The maximum atomic E-state index is 12.4. The average molecular weight is 285 g/mol. The van der Waals surface area contributed by atoms with Crippen LogP contribution in [0.5, 0.6) is 0 Å². The van der Waals surface area contributed by atoms with E-state index >= 15 is 0 Å². The summed E-state index contributed by atoms with van der Waals surface area (Å²) in [4.78, 5) is 29.3. The Balaban J connectivity index is 2.14. The molecule has 1 aromatic carbocycles. The average Bonchev–Trinajstić information content (AvgIpc) is 2.68. The number of benzene rings is 1. The Bertz CT molecular complexity index is 763. The maximum absolute atomic E-state index is 12.4. The molecule has 1 aromatic heterocycles. The summed E-state index contributed by atoms with van der Waals surface area (Å²) in [7, 11) is 0. The molecule has 2 aromatic rings. The number of likely N-dealkylation sites (N-methyl/N-ethyl adjacent to an activating group) is 1. The molecule has 0 bridgehead atoms. The van der Waals surface area contributed by atoms with E-state index in [9.17, 15) is 9.59 Å². The van der Waals surface area contributed by atoms with Crippen LogP contribution in [0, 0.1) is 0 Å². The molecule has 1 atom stereocenters. The maximum Gasteiger partial charge on any atom is 0.255 e. The van der Waals surface area contributed by atoms with E-state index in [1.807, 2.05) is 51.1 Å². The molecule has 1 saturated heterocycles. The monoisotopic (exact) mass is 285 g/mol. The molecular weight excluding hydrogens is 266 g/mol. The van der Waals surface area contributed by atoms with Crippen molar-refractivity contribution in [3.8, 4) is 0 Å². The molecule has 0 radical (unpaired) electrons. The molecule has 2 N–H and O–H groups in total. The Kier molecular flexibility index (Phi) is 3.10. The molecule has 0 spiro atoms. The lowest BCUT2D eigenvalue weighted by Gasteiger charge is -2.22. The van der Waals surface area contributed by atoms with Crippen LogP contribution in [-0.2, 0) is 4.79 Å². The van der Waals surface area contributed by atoms with E-state index in [2.05, 4.69) is 10.3 Å². The van der Waals surface area contributed by atoms with Crippen LogP contribution in [0.1, 0.15) is 32.5 Å². The molecule has 3 rings (SSSR count). The first-order valence-electron chi connectivity index (χ1n) is 7.15. The summed E-state index contributed by atoms with van der Waals surface area (Å²) < 4.78 is 0. The van der Waals surface area contributed by atoms with Gasteiger partial charge in [-0.1, -0.05) is 18.2 Å². The number of carbonyl (C=O) groups is 1. The van der Waals surface area contributed by atoms with Gasteiger partial charge in [0.25, 0.3) is 5.56 Å². The zero-order chi connectivity index (χ0) is 15.2. The molecule has 2 heterocycles. The van der Waals surface area contributed by atoms with Crippen molar-refractivity contribution in [2.45, 2.75) is 32.5 Å². The molecule has 5 heteroatoms. The third kappa shape index (κ3) is 2.14. The number of carbonyl (C=O) groups excluding carboxylic acids is 1. The van der Waals surface area contributed by atoms with Crippen LogP contribution in [0.4, 0.5) is 0 Å². The summed E-state index contributed by atoms with van der Waals surface area (Å²) >= 11 is 0. The first kappa shape index (κ1) is 13.8. The van der Waals surface area contributed by atoms with Gasteiger partial charge in [-0.3, -0.25) is 14.9 Å². The van der Waals surface area contributed by atoms with E-state index in [0.717, 1.165) is 10.9 Å². The number of nitrogens with one attached hydrogen (secondary N) is 2. The SMILES string of the molecule is CCN1C(=O)C(C)(C)NC1c1cc2ccccc2[nH]c1=O. The van der Waals surface area contributed by atoms with Crippen LogP contribution in [0.25, 0.3) is 10.9 Å². The summed E-state index contributed by atoms with van der Waals surface area (Å²) in [6, 6.07) is 9.50. The molecule has 0 aliphatic carbocycles. The van der Waals surface area contributed by atoms with Crippen molar-refractivity contribution in [1.29, 1.82) is 0 Å². The predicted molar refractivity (Wildman–Crippen MR) is 81.9 cm³/mol. The van der Waals surface area contributed by atoms with Crippen molar-refractivity contribution in [2.24, 2.45) is 0 Å². The number of hydrogen-bond acceptors (Lipinski definition) is 3. The van der Waals surface area contributed by atoms with Crippen molar-refractivity contribution < 1.29 is 4.79 Å². The second-order valence-corrected chi connectivity index (χ2v) is 5.90. The van der Waals surface area contributed by atoms with Crippen molar-refractivity contribution >= 4 is 16.8 Å². The highest BCUT2D eigenvalue weighted by atomic mass is 16.2. The minimum absolute atomic E-state index is 0.0163. The quantitative estimate of drug-likeness (QED) is 0.883. The number of nitrogens with zero attached hydrogens (tertiary/aromatic N) is 1. The van der Waals surface area contributed by atoms with E-state index in [-0.39, 0.29) is 17.6 Å². The largest absolute Gasteiger partial charge is 0.322 e. The van der Waals surface area contributed by atoms with Gasteiger partial charge in [-0.2, -0.15) is 0 Å². The Morgan fingerprint density at radius 2 is 1.95 bits per heavy atom. The van der Waals surface area contributed by atoms with Crippen LogP contribution in [0.2, 0.25) is 0 Å². The van der Waals surface area contributed by atoms with Gasteiger partial charge < -0.3 is 9.88 Å². The van der Waals surface area contributed by atoms with Crippen LogP contribution < -0.4 is 10.9 Å². The summed E-state index contributed by atoms with van der Waals surface area (Å²) in [6.07, 6.45) is -0.383. The van der Waals surface area contributed by atoms with E-state index < -0.39 is 5.54 Å². The lowest BCUT2D eigenvalue weighted by atomic mass is 10.1. The summed E-state index contributed by atoms with van der Waals surface area (Å²) in [6.45, 7) is 6.16. The lowest BCUT2D eigenvalue weighted by Crippen LogP contribution is -2.40. The predicted octanol–water partition coefficient (Wildman–Crippen LogP) is 1.76. The van der Waals surface area contributed by atoms with Gasteiger partial charge in [0, 0.05) is 12.1 Å². The van der Waals surface area contributed by atoms with Gasteiger partial charge in [0.15, 0.2) is 0 Å². The fraction of sp³-hybridized carbons (Fsp3) is 0.375. The van der Waals surface area contributed by atoms with Gasteiger partial charge in [0.2, 0.25) is 5.91 Å². The summed E-state index contributed by atoms with van der Waals surface area (Å²) in [5.74, 6) is 0.0163. The number of aromatic amines is 1. The first-order valence-corrected chi connectivity index (χ1v) is 7.15. The van der Waals surface area contributed by atoms with Gasteiger partial charge in [-0.05, 0) is 38.3 Å². The third-order valence-electron chi connectivity index (χ3n) is 4.02. The van der Waals surface area contributed by atoms with Gasteiger partial charge in [0.05, 0.1) is 11.1 Å². The molecule has 1 amide bonds. The normalized spacial score (nSPS) is 21.2. The standard InChI is InChI=1S/C16H19N3O2/c1-4-19-13(18-16(2,3)15(19)21)11-9-10-7-5-6-8-12(10)17-14(11)20/h5-9,13,18H,4H2,1-3H3,(H,17,20). The molecule has 21 heavy (non-hydrogen) atoms. The van der Waals surface area contributed by atoms with Crippen molar-refractivity contribution in [3.05, 3.63) is 46.2 Å². The number of fused-ring (bicyclic) bond motifs is 1. The highest BCUT2D eigenvalue weighted by Crippen LogP contribution is 2.29. The number of rotatable bonds is 2. The smallest absolute Gasteiger partial charge is 0.255 e. The van der Waals surface area contributed by atoms with Crippen LogP contribution in [0.15, 0.2) is 35.1 Å². The Morgan fingerprint density at radius 1 is 1.24 bits per heavy atom. The highest BCUT2D eigenvalue weighted by molar-refractivity contribution is 5.88. The number of pyridine rings is 1. The Hall–Kier alpha value is -2.14. The van der Waals surface area contributed by atoms with Gasteiger partial charge in [0.1, 0.15) is 6.17 Å². The molecule has 1 unspecified atom stereocenters. The van der Waals surface area contributed by atoms with Crippen molar-refractivity contribution in [1.82, 2.24) is 15.2 Å². The molecular formula is C16H19N3O2. The van der Waals surface area contributed by atoms with Crippen molar-refractivity contribution in [3.63, 3.8) is 0 Å². The number of para-hydroxylation sites is 1. The first-order chi connectivity index (χ1) is 9.94. The number of aromatic nitrogens is 1. The van der Waals surface area contributed by atoms with Crippen LogP contribution in [0.3, 0.4) is 0 Å².